The number of rotatable bonds is 8. The summed E-state index contributed by atoms with van der Waals surface area (Å²) in [7, 11) is 0. The summed E-state index contributed by atoms with van der Waals surface area (Å²) in [4.78, 5) is 24.4. The lowest BCUT2D eigenvalue weighted by molar-refractivity contribution is -0.124. The number of amides is 1. The summed E-state index contributed by atoms with van der Waals surface area (Å²) >= 11 is 0. The van der Waals surface area contributed by atoms with Crippen molar-refractivity contribution in [3.63, 3.8) is 0 Å². The molecule has 0 aliphatic heterocycles. The molecule has 1 amide bonds. The molecule has 0 radical (unpaired) electrons. The summed E-state index contributed by atoms with van der Waals surface area (Å²) < 4.78 is 0. The van der Waals surface area contributed by atoms with Gasteiger partial charge in [-0.25, -0.2) is 0 Å². The summed E-state index contributed by atoms with van der Waals surface area (Å²) in [5, 5.41) is 15.2. The van der Waals surface area contributed by atoms with E-state index in [1.807, 2.05) is 12.1 Å². The Kier molecular flexibility index (Phi) is 7.24. The number of carbonyl (C=O) groups is 2. The number of Topliss-reactive ketones (excluding diaryl/α,β-unsaturated/α-hetero) is 1. The molecule has 6 nitrogen and oxygen atoms in total. The molecule has 1 atom stereocenters. The van der Waals surface area contributed by atoms with Crippen molar-refractivity contribution in [3.05, 3.63) is 70.8 Å². The number of benzene rings is 2. The van der Waals surface area contributed by atoms with Crippen LogP contribution in [0.1, 0.15) is 53.7 Å². The normalized spacial score (nSPS) is 14.3. The highest BCUT2D eigenvalue weighted by Gasteiger charge is 2.32. The van der Waals surface area contributed by atoms with Crippen LogP contribution in [-0.4, -0.2) is 41.0 Å². The van der Waals surface area contributed by atoms with Crippen LogP contribution in [0.15, 0.2) is 48.5 Å². The van der Waals surface area contributed by atoms with Gasteiger partial charge in [0.15, 0.2) is 5.78 Å². The summed E-state index contributed by atoms with van der Waals surface area (Å²) in [6, 6.07) is 14.7. The topological polar surface area (TPSA) is 104 Å². The van der Waals surface area contributed by atoms with Crippen LogP contribution in [0.2, 0.25) is 0 Å². The predicted octanol–water partition coefficient (Wildman–Crippen LogP) is 1.74. The molecule has 0 spiro atoms. The standard InChI is InChI=1S/C25H29N3O3/c1-25(2,26)23(22(30)16-29)28-24(31)20-11-9-18(10-12-20)4-3-17-5-7-19(8-6-17)15-27-21-13-14-21/h5-12,21,23,27,29H,13-16,26H2,1-2H3,(H,28,31)/t23-/m1/s1. The van der Waals surface area contributed by atoms with E-state index in [4.69, 9.17) is 10.8 Å². The molecule has 1 saturated carbocycles. The van der Waals surface area contributed by atoms with Crippen LogP contribution in [0, 0.1) is 11.8 Å². The Balaban J connectivity index is 1.61. The molecule has 0 aromatic heterocycles. The number of hydrogen-bond donors (Lipinski definition) is 4. The van der Waals surface area contributed by atoms with Crippen LogP contribution in [0.25, 0.3) is 0 Å². The second kappa shape index (κ2) is 9.88. The van der Waals surface area contributed by atoms with Gasteiger partial charge in [-0.15, -0.1) is 0 Å². The first-order chi connectivity index (χ1) is 14.8. The molecular formula is C25H29N3O3. The van der Waals surface area contributed by atoms with Crippen LogP contribution in [0.4, 0.5) is 0 Å². The van der Waals surface area contributed by atoms with Gasteiger partial charge in [0.05, 0.1) is 0 Å². The fourth-order valence-electron chi connectivity index (χ4n) is 3.09. The van der Waals surface area contributed by atoms with Crippen molar-refractivity contribution in [1.29, 1.82) is 0 Å². The summed E-state index contributed by atoms with van der Waals surface area (Å²) in [5.74, 6) is 5.26. The molecule has 0 saturated heterocycles. The van der Waals surface area contributed by atoms with Crippen LogP contribution < -0.4 is 16.4 Å². The highest BCUT2D eigenvalue weighted by atomic mass is 16.3. The molecule has 5 N–H and O–H groups in total. The van der Waals surface area contributed by atoms with Gasteiger partial charge in [-0.1, -0.05) is 24.0 Å². The first kappa shape index (κ1) is 22.7. The summed E-state index contributed by atoms with van der Waals surface area (Å²) in [6.45, 7) is 3.45. The zero-order valence-corrected chi connectivity index (χ0v) is 17.9. The first-order valence-corrected chi connectivity index (χ1v) is 10.4. The van der Waals surface area contributed by atoms with Gasteiger partial charge >= 0.3 is 0 Å². The third kappa shape index (κ3) is 6.76. The molecule has 0 bridgehead atoms. The molecule has 1 fully saturated rings. The molecule has 0 heterocycles. The van der Waals surface area contributed by atoms with E-state index in [0.717, 1.165) is 17.7 Å². The summed E-state index contributed by atoms with van der Waals surface area (Å²) in [6.07, 6.45) is 2.55. The third-order valence-corrected chi connectivity index (χ3v) is 5.12. The molecule has 0 unspecified atom stereocenters. The van der Waals surface area contributed by atoms with Crippen LogP contribution in [0.5, 0.6) is 0 Å². The van der Waals surface area contributed by atoms with Crippen LogP contribution in [-0.2, 0) is 11.3 Å². The number of nitrogens with one attached hydrogen (secondary N) is 2. The lowest BCUT2D eigenvalue weighted by Gasteiger charge is -2.29. The van der Waals surface area contributed by atoms with Gasteiger partial charge in [-0.05, 0) is 68.7 Å². The maximum Gasteiger partial charge on any atom is 0.251 e. The molecule has 31 heavy (non-hydrogen) atoms. The van der Waals surface area contributed by atoms with Gasteiger partial charge in [0.2, 0.25) is 0 Å². The first-order valence-electron chi connectivity index (χ1n) is 10.4. The van der Waals surface area contributed by atoms with E-state index in [0.29, 0.717) is 11.6 Å². The monoisotopic (exact) mass is 419 g/mol. The molecule has 6 heteroatoms. The number of aliphatic hydroxyl groups is 1. The molecule has 1 aliphatic carbocycles. The van der Waals surface area contributed by atoms with Gasteiger partial charge in [-0.2, -0.15) is 0 Å². The van der Waals surface area contributed by atoms with Gasteiger partial charge < -0.3 is 21.5 Å². The maximum atomic E-state index is 12.5. The average Bonchev–Trinajstić information content (AvgIpc) is 3.59. The molecular weight excluding hydrogens is 390 g/mol. The lowest BCUT2D eigenvalue weighted by Crippen LogP contribution is -2.59. The second-order valence-electron chi connectivity index (χ2n) is 8.53. The van der Waals surface area contributed by atoms with E-state index in [1.165, 1.54) is 18.4 Å². The zero-order valence-electron chi connectivity index (χ0n) is 17.9. The number of carbonyl (C=O) groups excluding carboxylic acids is 2. The van der Waals surface area contributed by atoms with Crippen molar-refractivity contribution >= 4 is 11.7 Å². The van der Waals surface area contributed by atoms with Gasteiger partial charge in [-0.3, -0.25) is 9.59 Å². The minimum Gasteiger partial charge on any atom is -0.388 e. The van der Waals surface area contributed by atoms with Gasteiger partial charge in [0, 0.05) is 34.8 Å². The highest BCUT2D eigenvalue weighted by Crippen LogP contribution is 2.19. The quantitative estimate of drug-likeness (QED) is 0.488. The SMILES string of the molecule is CC(C)(N)[C@H](NC(=O)c1ccc(C#Cc2ccc(CNC3CC3)cc2)cc1)C(=O)CO. The molecule has 162 valence electrons. The zero-order chi connectivity index (χ0) is 22.4. The van der Waals surface area contributed by atoms with Crippen molar-refractivity contribution in [2.45, 2.75) is 50.9 Å². The Bertz CT molecular complexity index is 976. The lowest BCUT2D eigenvalue weighted by atomic mass is 9.92. The van der Waals surface area contributed by atoms with Crippen molar-refractivity contribution in [1.82, 2.24) is 10.6 Å². The second-order valence-corrected chi connectivity index (χ2v) is 8.53. The largest absolute Gasteiger partial charge is 0.388 e. The Hall–Kier alpha value is -2.98. The Morgan fingerprint density at radius 2 is 1.61 bits per heavy atom. The maximum absolute atomic E-state index is 12.5. The molecule has 1 aliphatic rings. The van der Waals surface area contributed by atoms with Crippen LogP contribution >= 0.6 is 0 Å². The van der Waals surface area contributed by atoms with Crippen molar-refractivity contribution in [2.24, 2.45) is 5.73 Å². The molecule has 2 aromatic rings. The minimum atomic E-state index is -0.996. The van der Waals surface area contributed by atoms with E-state index >= 15 is 0 Å². The summed E-state index contributed by atoms with van der Waals surface area (Å²) in [5.41, 5.74) is 8.31. The van der Waals surface area contributed by atoms with Gasteiger partial charge in [0.25, 0.3) is 5.91 Å². The number of nitrogens with two attached hydrogens (primary N) is 1. The van der Waals surface area contributed by atoms with Gasteiger partial charge in [0.1, 0.15) is 12.6 Å². The molecule has 2 aromatic carbocycles. The minimum absolute atomic E-state index is 0.387. The fraction of sp³-hybridized carbons (Fsp3) is 0.360. The predicted molar refractivity (Wildman–Crippen MR) is 120 cm³/mol. The van der Waals surface area contributed by atoms with Crippen molar-refractivity contribution in [2.75, 3.05) is 6.61 Å². The van der Waals surface area contributed by atoms with E-state index in [9.17, 15) is 9.59 Å². The Morgan fingerprint density at radius 3 is 2.10 bits per heavy atom. The van der Waals surface area contributed by atoms with Crippen molar-refractivity contribution in [3.8, 4) is 11.8 Å². The third-order valence-electron chi connectivity index (χ3n) is 5.12. The smallest absolute Gasteiger partial charge is 0.251 e. The Morgan fingerprint density at radius 1 is 1.06 bits per heavy atom. The molecule has 3 rings (SSSR count). The van der Waals surface area contributed by atoms with Crippen LogP contribution in [0.3, 0.4) is 0 Å². The van der Waals surface area contributed by atoms with E-state index < -0.39 is 29.9 Å². The van der Waals surface area contributed by atoms with E-state index in [1.54, 1.807) is 38.1 Å². The fourth-order valence-corrected chi connectivity index (χ4v) is 3.09. The average molecular weight is 420 g/mol. The number of hydrogen-bond acceptors (Lipinski definition) is 5. The highest BCUT2D eigenvalue weighted by molar-refractivity contribution is 5.98. The number of aliphatic hydroxyl groups excluding tert-OH is 1. The van der Waals surface area contributed by atoms with E-state index in [-0.39, 0.29) is 0 Å². The van der Waals surface area contributed by atoms with E-state index in [2.05, 4.69) is 34.6 Å². The van der Waals surface area contributed by atoms with Crippen molar-refractivity contribution < 1.29 is 14.7 Å². The Labute approximate surface area is 183 Å². The number of ketones is 1.